The highest BCUT2D eigenvalue weighted by atomic mass is 19.4. The van der Waals surface area contributed by atoms with Gasteiger partial charge in [0.15, 0.2) is 0 Å². The molecule has 2 unspecified atom stereocenters. The van der Waals surface area contributed by atoms with Crippen LogP contribution in [0.5, 0.6) is 0 Å². The molecule has 7 nitrogen and oxygen atoms in total. The third-order valence-corrected chi connectivity index (χ3v) is 6.18. The molecule has 0 spiro atoms. The molecule has 4 rings (SSSR count). The molecule has 0 saturated carbocycles. The van der Waals surface area contributed by atoms with Crippen molar-refractivity contribution in [3.8, 4) is 0 Å². The van der Waals surface area contributed by atoms with E-state index in [1.807, 2.05) is 4.90 Å². The first-order valence-corrected chi connectivity index (χ1v) is 9.96. The Morgan fingerprint density at radius 2 is 2.07 bits per heavy atom. The standard InChI is InChI=1S/C19H27F3N4O3/c1-18(2,3)14(27)9-26-13(19(20,21)22)4-5-24-16(28)7-15(23-17(24)26)25-8-12-6-11(25)10-29-12/h7,11-14,27H,4-6,8-10H2,1-3H3/t11?,12-,13-,14?/m0/s1. The first-order valence-electron chi connectivity index (χ1n) is 9.96. The normalized spacial score (nSPS) is 28.0. The molecule has 2 saturated heterocycles. The Morgan fingerprint density at radius 1 is 1.34 bits per heavy atom. The van der Waals surface area contributed by atoms with E-state index in [-0.39, 0.29) is 43.2 Å². The number of aromatic nitrogens is 2. The first kappa shape index (κ1) is 20.5. The van der Waals surface area contributed by atoms with E-state index in [4.69, 9.17) is 4.74 Å². The fourth-order valence-corrected chi connectivity index (χ4v) is 4.29. The lowest BCUT2D eigenvalue weighted by Crippen LogP contribution is -2.56. The van der Waals surface area contributed by atoms with Gasteiger partial charge in [0.05, 0.1) is 24.9 Å². The fraction of sp³-hybridized carbons (Fsp3) is 0.789. The number of alkyl halides is 3. The summed E-state index contributed by atoms with van der Waals surface area (Å²) in [5.74, 6) is 0.364. The molecular formula is C19H27F3N4O3. The zero-order valence-corrected chi connectivity index (χ0v) is 16.8. The molecule has 1 aromatic rings. The Kier molecular flexibility index (Phi) is 4.85. The maximum atomic E-state index is 13.8. The van der Waals surface area contributed by atoms with E-state index in [9.17, 15) is 23.1 Å². The lowest BCUT2D eigenvalue weighted by Gasteiger charge is -2.42. The first-order chi connectivity index (χ1) is 13.4. The summed E-state index contributed by atoms with van der Waals surface area (Å²) in [7, 11) is 0. The van der Waals surface area contributed by atoms with Crippen LogP contribution >= 0.6 is 0 Å². The molecule has 0 aliphatic carbocycles. The van der Waals surface area contributed by atoms with Gasteiger partial charge >= 0.3 is 6.18 Å². The molecular weight excluding hydrogens is 389 g/mol. The SMILES string of the molecule is CC(C)(C)C(O)CN1c2nc(N3C[C@@H]4CC3CO4)cc(=O)n2CC[C@H]1C(F)(F)F. The van der Waals surface area contributed by atoms with Gasteiger partial charge in [-0.3, -0.25) is 9.36 Å². The van der Waals surface area contributed by atoms with E-state index < -0.39 is 23.7 Å². The van der Waals surface area contributed by atoms with Crippen LogP contribution in [0.25, 0.3) is 0 Å². The number of aliphatic hydroxyl groups is 1. The van der Waals surface area contributed by atoms with Crippen molar-refractivity contribution in [2.75, 3.05) is 29.5 Å². The van der Waals surface area contributed by atoms with E-state index in [1.165, 1.54) is 10.6 Å². The third-order valence-electron chi connectivity index (χ3n) is 6.18. The third kappa shape index (κ3) is 3.72. The van der Waals surface area contributed by atoms with Crippen LogP contribution in [0.1, 0.15) is 33.6 Å². The van der Waals surface area contributed by atoms with Gasteiger partial charge in [-0.25, -0.2) is 0 Å². The number of anilines is 2. The summed E-state index contributed by atoms with van der Waals surface area (Å²) in [5, 5.41) is 10.5. The minimum atomic E-state index is -4.49. The molecule has 3 aliphatic rings. The van der Waals surface area contributed by atoms with Gasteiger partial charge in [0.1, 0.15) is 11.9 Å². The number of aliphatic hydroxyl groups excluding tert-OH is 1. The zero-order chi connectivity index (χ0) is 21.1. The molecule has 3 aliphatic heterocycles. The topological polar surface area (TPSA) is 70.8 Å². The van der Waals surface area contributed by atoms with Crippen molar-refractivity contribution in [3.05, 3.63) is 16.4 Å². The summed E-state index contributed by atoms with van der Waals surface area (Å²) >= 11 is 0. The lowest BCUT2D eigenvalue weighted by molar-refractivity contribution is -0.154. The highest BCUT2D eigenvalue weighted by Crippen LogP contribution is 2.37. The Balaban J connectivity index is 1.75. The zero-order valence-electron chi connectivity index (χ0n) is 16.8. The number of ether oxygens (including phenoxy) is 1. The van der Waals surface area contributed by atoms with Gasteiger partial charge in [-0.1, -0.05) is 20.8 Å². The molecule has 10 heteroatoms. The molecule has 0 aromatic carbocycles. The van der Waals surface area contributed by atoms with E-state index in [1.54, 1.807) is 20.8 Å². The van der Waals surface area contributed by atoms with Gasteiger partial charge in [-0.15, -0.1) is 0 Å². The van der Waals surface area contributed by atoms with Gasteiger partial charge in [0.25, 0.3) is 5.56 Å². The molecule has 0 radical (unpaired) electrons. The second kappa shape index (κ2) is 6.87. The Hall–Kier alpha value is -1.81. The Labute approximate surface area is 167 Å². The molecule has 2 bridgehead atoms. The van der Waals surface area contributed by atoms with Crippen LogP contribution in [0.15, 0.2) is 10.9 Å². The Bertz CT molecular complexity index is 835. The molecule has 4 atom stereocenters. The van der Waals surface area contributed by atoms with Crippen LogP contribution in [-0.2, 0) is 11.3 Å². The van der Waals surface area contributed by atoms with Crippen molar-refractivity contribution in [2.24, 2.45) is 5.41 Å². The number of rotatable bonds is 3. The number of halogens is 3. The number of β-amino-alcohol motifs (C(OH)–C–C–N with tert-alkyl or cyclic N) is 1. The summed E-state index contributed by atoms with van der Waals surface area (Å²) in [6.07, 6.45) is -4.86. The number of morpholine rings is 1. The van der Waals surface area contributed by atoms with Gasteiger partial charge in [-0.05, 0) is 18.3 Å². The summed E-state index contributed by atoms with van der Waals surface area (Å²) in [4.78, 5) is 20.2. The van der Waals surface area contributed by atoms with E-state index in [2.05, 4.69) is 4.98 Å². The molecule has 29 heavy (non-hydrogen) atoms. The van der Waals surface area contributed by atoms with Crippen molar-refractivity contribution in [1.29, 1.82) is 0 Å². The van der Waals surface area contributed by atoms with Crippen molar-refractivity contribution in [3.63, 3.8) is 0 Å². The Morgan fingerprint density at radius 3 is 2.62 bits per heavy atom. The summed E-state index contributed by atoms with van der Waals surface area (Å²) in [6, 6.07) is -0.304. The van der Waals surface area contributed by atoms with Crippen LogP contribution in [0.4, 0.5) is 24.9 Å². The number of fused-ring (bicyclic) bond motifs is 3. The lowest BCUT2D eigenvalue weighted by atomic mass is 9.88. The predicted molar refractivity (Wildman–Crippen MR) is 101 cm³/mol. The minimum Gasteiger partial charge on any atom is -0.391 e. The molecule has 1 N–H and O–H groups in total. The predicted octanol–water partition coefficient (Wildman–Crippen LogP) is 1.77. The van der Waals surface area contributed by atoms with E-state index in [0.29, 0.717) is 19.0 Å². The fourth-order valence-electron chi connectivity index (χ4n) is 4.29. The van der Waals surface area contributed by atoms with Crippen LogP contribution in [0, 0.1) is 5.41 Å². The van der Waals surface area contributed by atoms with E-state index in [0.717, 1.165) is 11.3 Å². The minimum absolute atomic E-state index is 0.0203. The van der Waals surface area contributed by atoms with E-state index >= 15 is 0 Å². The van der Waals surface area contributed by atoms with Crippen molar-refractivity contribution in [1.82, 2.24) is 9.55 Å². The molecule has 162 valence electrons. The number of hydrogen-bond acceptors (Lipinski definition) is 6. The quantitative estimate of drug-likeness (QED) is 0.810. The average Bonchev–Trinajstić information content (AvgIpc) is 3.23. The molecule has 2 fully saturated rings. The van der Waals surface area contributed by atoms with Gasteiger partial charge in [-0.2, -0.15) is 18.2 Å². The highest BCUT2D eigenvalue weighted by Gasteiger charge is 2.48. The molecule has 4 heterocycles. The number of hydrogen-bond donors (Lipinski definition) is 1. The smallest absolute Gasteiger partial charge is 0.391 e. The summed E-state index contributed by atoms with van der Waals surface area (Å²) in [6.45, 7) is 6.10. The van der Waals surface area contributed by atoms with Gasteiger partial charge < -0.3 is 19.6 Å². The number of nitrogens with zero attached hydrogens (tertiary/aromatic N) is 4. The maximum Gasteiger partial charge on any atom is 0.408 e. The van der Waals surface area contributed by atoms with Gasteiger partial charge in [0.2, 0.25) is 5.95 Å². The van der Waals surface area contributed by atoms with Crippen molar-refractivity contribution >= 4 is 11.8 Å². The summed E-state index contributed by atoms with van der Waals surface area (Å²) in [5.41, 5.74) is -0.980. The second-order valence-electron chi connectivity index (χ2n) is 9.28. The van der Waals surface area contributed by atoms with Crippen molar-refractivity contribution in [2.45, 2.75) is 70.6 Å². The van der Waals surface area contributed by atoms with Crippen molar-refractivity contribution < 1.29 is 23.0 Å². The average molecular weight is 416 g/mol. The molecule has 0 amide bonds. The largest absolute Gasteiger partial charge is 0.408 e. The van der Waals surface area contributed by atoms with Crippen LogP contribution in [0.3, 0.4) is 0 Å². The van der Waals surface area contributed by atoms with Crippen LogP contribution in [-0.4, -0.2) is 64.8 Å². The van der Waals surface area contributed by atoms with Crippen LogP contribution < -0.4 is 15.4 Å². The molecule has 1 aromatic heterocycles. The van der Waals surface area contributed by atoms with Crippen LogP contribution in [0.2, 0.25) is 0 Å². The second-order valence-corrected chi connectivity index (χ2v) is 9.28. The maximum absolute atomic E-state index is 13.8. The highest BCUT2D eigenvalue weighted by molar-refractivity contribution is 5.49. The summed E-state index contributed by atoms with van der Waals surface area (Å²) < 4.78 is 48.2. The monoisotopic (exact) mass is 416 g/mol. The van der Waals surface area contributed by atoms with Gasteiger partial charge in [0, 0.05) is 25.7 Å².